The van der Waals surface area contributed by atoms with Gasteiger partial charge in [-0.2, -0.15) is 0 Å². The molecule has 0 fully saturated rings. The molecule has 0 N–H and O–H groups in total. The van der Waals surface area contributed by atoms with Gasteiger partial charge in [-0.3, -0.25) is 0 Å². The minimum Gasteiger partial charge on any atom is -0.301 e. The van der Waals surface area contributed by atoms with Gasteiger partial charge in [0, 0.05) is 17.3 Å². The Balaban J connectivity index is 2.22. The highest BCUT2D eigenvalue weighted by atomic mass is 35.5. The zero-order valence-electron chi connectivity index (χ0n) is 7.29. The van der Waals surface area contributed by atoms with Crippen LogP contribution in [0.25, 0.3) is 0 Å². The van der Waals surface area contributed by atoms with E-state index in [9.17, 15) is 0 Å². The van der Waals surface area contributed by atoms with E-state index in [0.29, 0.717) is 0 Å². The van der Waals surface area contributed by atoms with Gasteiger partial charge in [-0.25, -0.2) is 0 Å². The fraction of sp³-hybridized carbons (Fsp3) is 0.556. The number of hydrogen-bond acceptors (Lipinski definition) is 2. The first-order valence-electron chi connectivity index (χ1n) is 4.10. The number of halogens is 1. The second kappa shape index (κ2) is 5.57. The maximum atomic E-state index is 5.60. The first kappa shape index (κ1) is 10.0. The van der Waals surface area contributed by atoms with Gasteiger partial charge in [0.2, 0.25) is 0 Å². The van der Waals surface area contributed by atoms with E-state index < -0.39 is 0 Å². The maximum Gasteiger partial charge on any atom is 0.0324 e. The molecule has 1 aromatic rings. The Morgan fingerprint density at radius 2 is 2.42 bits per heavy atom. The van der Waals surface area contributed by atoms with E-state index in [2.05, 4.69) is 29.5 Å². The lowest BCUT2D eigenvalue weighted by atomic mass is 10.4. The number of thiophene rings is 1. The summed E-state index contributed by atoms with van der Waals surface area (Å²) >= 11 is 7.41. The van der Waals surface area contributed by atoms with Gasteiger partial charge in [0.05, 0.1) is 0 Å². The summed E-state index contributed by atoms with van der Waals surface area (Å²) < 4.78 is 0. The molecular weight excluding hydrogens is 190 g/mol. The van der Waals surface area contributed by atoms with Crippen molar-refractivity contribution in [2.75, 3.05) is 19.5 Å². The molecule has 3 heteroatoms. The van der Waals surface area contributed by atoms with Crippen LogP contribution in [0.3, 0.4) is 0 Å². The first-order valence-corrected chi connectivity index (χ1v) is 5.51. The third-order valence-corrected chi connectivity index (χ3v) is 2.81. The summed E-state index contributed by atoms with van der Waals surface area (Å²) in [5.41, 5.74) is 0. The van der Waals surface area contributed by atoms with Crippen LogP contribution in [0, 0.1) is 0 Å². The molecule has 0 unspecified atom stereocenters. The van der Waals surface area contributed by atoms with Crippen LogP contribution >= 0.6 is 22.9 Å². The zero-order valence-corrected chi connectivity index (χ0v) is 8.87. The van der Waals surface area contributed by atoms with Crippen LogP contribution in [0.5, 0.6) is 0 Å². The minimum absolute atomic E-state index is 0.759. The van der Waals surface area contributed by atoms with Crippen LogP contribution < -0.4 is 0 Å². The van der Waals surface area contributed by atoms with Crippen LogP contribution in [0.4, 0.5) is 0 Å². The molecule has 0 saturated heterocycles. The highest BCUT2D eigenvalue weighted by Gasteiger charge is 1.99. The molecule has 0 aliphatic rings. The monoisotopic (exact) mass is 203 g/mol. The summed E-state index contributed by atoms with van der Waals surface area (Å²) in [4.78, 5) is 3.72. The molecule has 0 aliphatic heterocycles. The summed E-state index contributed by atoms with van der Waals surface area (Å²) in [7, 11) is 2.13. The molecule has 0 radical (unpaired) electrons. The summed E-state index contributed by atoms with van der Waals surface area (Å²) in [5.74, 6) is 0.759. The van der Waals surface area contributed by atoms with Crippen molar-refractivity contribution in [2.24, 2.45) is 0 Å². The normalized spacial score (nSPS) is 10.9. The van der Waals surface area contributed by atoms with Gasteiger partial charge in [-0.05, 0) is 31.5 Å². The lowest BCUT2D eigenvalue weighted by Crippen LogP contribution is -2.18. The Hall–Kier alpha value is -0.0500. The van der Waals surface area contributed by atoms with E-state index in [1.54, 1.807) is 0 Å². The van der Waals surface area contributed by atoms with Gasteiger partial charge in [0.25, 0.3) is 0 Å². The van der Waals surface area contributed by atoms with Gasteiger partial charge in [0.1, 0.15) is 0 Å². The van der Waals surface area contributed by atoms with Crippen molar-refractivity contribution in [2.45, 2.75) is 13.0 Å². The molecule has 12 heavy (non-hydrogen) atoms. The topological polar surface area (TPSA) is 3.24 Å². The van der Waals surface area contributed by atoms with Gasteiger partial charge < -0.3 is 4.90 Å². The number of hydrogen-bond donors (Lipinski definition) is 0. The zero-order chi connectivity index (χ0) is 8.81. The molecule has 0 aromatic carbocycles. The smallest absolute Gasteiger partial charge is 0.0324 e. The van der Waals surface area contributed by atoms with Crippen LogP contribution in [-0.2, 0) is 6.54 Å². The molecule has 0 saturated carbocycles. The molecule has 68 valence electrons. The third kappa shape index (κ3) is 3.57. The molecule has 0 aliphatic carbocycles. The van der Waals surface area contributed by atoms with Crippen LogP contribution in [0.15, 0.2) is 17.5 Å². The van der Waals surface area contributed by atoms with Crippen LogP contribution in [0.2, 0.25) is 0 Å². The van der Waals surface area contributed by atoms with E-state index in [-0.39, 0.29) is 0 Å². The Morgan fingerprint density at radius 3 is 3.00 bits per heavy atom. The second-order valence-electron chi connectivity index (χ2n) is 2.86. The number of nitrogens with zero attached hydrogens (tertiary/aromatic N) is 1. The Morgan fingerprint density at radius 1 is 1.58 bits per heavy atom. The quantitative estimate of drug-likeness (QED) is 0.666. The minimum atomic E-state index is 0.759. The van der Waals surface area contributed by atoms with Crippen molar-refractivity contribution in [3.8, 4) is 0 Å². The van der Waals surface area contributed by atoms with Crippen LogP contribution in [0.1, 0.15) is 11.3 Å². The van der Waals surface area contributed by atoms with E-state index in [1.165, 1.54) is 4.88 Å². The molecule has 0 amide bonds. The van der Waals surface area contributed by atoms with E-state index in [0.717, 1.165) is 25.4 Å². The van der Waals surface area contributed by atoms with E-state index >= 15 is 0 Å². The predicted molar refractivity (Wildman–Crippen MR) is 56.0 cm³/mol. The summed E-state index contributed by atoms with van der Waals surface area (Å²) in [5, 5.41) is 2.12. The van der Waals surface area contributed by atoms with Gasteiger partial charge in [0.15, 0.2) is 0 Å². The van der Waals surface area contributed by atoms with Crippen molar-refractivity contribution in [3.05, 3.63) is 22.4 Å². The standard InChI is InChI=1S/C9H14ClNS/c1-11(6-3-5-10)8-9-4-2-7-12-9/h2,4,7H,3,5-6,8H2,1H3. The Bertz CT molecular complexity index is 198. The highest BCUT2D eigenvalue weighted by molar-refractivity contribution is 7.09. The summed E-state index contributed by atoms with van der Waals surface area (Å²) in [6, 6.07) is 4.26. The maximum absolute atomic E-state index is 5.60. The van der Waals surface area contributed by atoms with Crippen molar-refractivity contribution in [1.29, 1.82) is 0 Å². The van der Waals surface area contributed by atoms with Gasteiger partial charge >= 0.3 is 0 Å². The molecule has 1 nitrogen and oxygen atoms in total. The van der Waals surface area contributed by atoms with E-state index in [1.807, 2.05) is 11.3 Å². The van der Waals surface area contributed by atoms with Gasteiger partial charge in [-0.15, -0.1) is 22.9 Å². The molecule has 1 rings (SSSR count). The number of alkyl halides is 1. The average Bonchev–Trinajstić information content (AvgIpc) is 2.53. The van der Waals surface area contributed by atoms with Gasteiger partial charge in [-0.1, -0.05) is 6.07 Å². The third-order valence-electron chi connectivity index (χ3n) is 1.68. The summed E-state index contributed by atoms with van der Waals surface area (Å²) in [6.45, 7) is 2.13. The highest BCUT2D eigenvalue weighted by Crippen LogP contribution is 2.10. The largest absolute Gasteiger partial charge is 0.301 e. The molecule has 0 spiro atoms. The molecule has 1 aromatic heterocycles. The van der Waals surface area contributed by atoms with Crippen molar-refractivity contribution < 1.29 is 0 Å². The van der Waals surface area contributed by atoms with Crippen LogP contribution in [-0.4, -0.2) is 24.4 Å². The summed E-state index contributed by atoms with van der Waals surface area (Å²) in [6.07, 6.45) is 1.07. The van der Waals surface area contributed by atoms with Crippen molar-refractivity contribution in [1.82, 2.24) is 4.90 Å². The lowest BCUT2D eigenvalue weighted by molar-refractivity contribution is 0.331. The second-order valence-corrected chi connectivity index (χ2v) is 4.27. The predicted octanol–water partition coefficient (Wildman–Crippen LogP) is 2.81. The molecular formula is C9H14ClNS. The molecule has 1 heterocycles. The Labute approximate surface area is 83.0 Å². The fourth-order valence-corrected chi connectivity index (χ4v) is 1.98. The lowest BCUT2D eigenvalue weighted by Gasteiger charge is -2.13. The molecule has 0 atom stereocenters. The van der Waals surface area contributed by atoms with Crippen molar-refractivity contribution in [3.63, 3.8) is 0 Å². The SMILES string of the molecule is CN(CCCCl)Cc1cccs1. The number of rotatable bonds is 5. The van der Waals surface area contributed by atoms with Crippen molar-refractivity contribution >= 4 is 22.9 Å². The van der Waals surface area contributed by atoms with E-state index in [4.69, 9.17) is 11.6 Å². The Kier molecular flexibility index (Phi) is 4.66. The molecule has 0 bridgehead atoms. The first-order chi connectivity index (χ1) is 5.83. The fourth-order valence-electron chi connectivity index (χ4n) is 1.08. The average molecular weight is 204 g/mol.